The number of aryl methyl sites for hydroxylation is 1. The maximum atomic E-state index is 13.2. The second kappa shape index (κ2) is 10.4. The first-order valence-corrected chi connectivity index (χ1v) is 10.5. The number of hydrogen-bond donors (Lipinski definition) is 0. The van der Waals surface area contributed by atoms with Crippen molar-refractivity contribution in [3.05, 3.63) is 57.5 Å². The fraction of sp³-hybridized carbons (Fsp3) is 0.455. The zero-order valence-electron chi connectivity index (χ0n) is 17.1. The Bertz CT molecular complexity index is 786. The monoisotopic (exact) mass is 404 g/mol. The summed E-state index contributed by atoms with van der Waals surface area (Å²) in [6.07, 6.45) is 0.377. The van der Waals surface area contributed by atoms with E-state index in [1.54, 1.807) is 33.3 Å². The molecule has 0 aliphatic heterocycles. The molecule has 1 aromatic heterocycles. The number of hydrogen-bond acceptors (Lipinski definition) is 3. The summed E-state index contributed by atoms with van der Waals surface area (Å²) in [6, 6.07) is 10.2. The zero-order valence-corrected chi connectivity index (χ0v) is 17.9. The molecule has 2 aromatic rings. The van der Waals surface area contributed by atoms with Crippen LogP contribution in [-0.2, 0) is 22.7 Å². The van der Waals surface area contributed by atoms with Crippen LogP contribution < -0.4 is 0 Å². The molecule has 0 bridgehead atoms. The van der Waals surface area contributed by atoms with Crippen molar-refractivity contribution in [1.29, 1.82) is 0 Å². The normalized spacial score (nSPS) is 10.9. The summed E-state index contributed by atoms with van der Waals surface area (Å²) in [5, 5.41) is 0. The minimum atomic E-state index is -0.299. The van der Waals surface area contributed by atoms with E-state index in [4.69, 9.17) is 0 Å². The maximum Gasteiger partial charge on any atom is 0.242 e. The van der Waals surface area contributed by atoms with Gasteiger partial charge >= 0.3 is 0 Å². The van der Waals surface area contributed by atoms with Crippen LogP contribution in [0.3, 0.4) is 0 Å². The summed E-state index contributed by atoms with van der Waals surface area (Å²) in [4.78, 5) is 31.0. The molecule has 0 aliphatic carbocycles. The van der Waals surface area contributed by atoms with Gasteiger partial charge in [0.15, 0.2) is 0 Å². The SMILES string of the molecule is CCC(=O)N(CC(=O)N(Cc1ccc(F)cc1)Cc1ccc(C)s1)CC(C)C. The molecule has 0 saturated heterocycles. The first-order chi connectivity index (χ1) is 13.3. The van der Waals surface area contributed by atoms with Crippen LogP contribution in [0.5, 0.6) is 0 Å². The van der Waals surface area contributed by atoms with E-state index in [9.17, 15) is 14.0 Å². The predicted molar refractivity (Wildman–Crippen MR) is 111 cm³/mol. The molecule has 0 fully saturated rings. The van der Waals surface area contributed by atoms with Gasteiger partial charge in [0.2, 0.25) is 11.8 Å². The highest BCUT2D eigenvalue weighted by Crippen LogP contribution is 2.19. The van der Waals surface area contributed by atoms with E-state index in [0.29, 0.717) is 26.1 Å². The molecule has 0 unspecified atom stereocenters. The lowest BCUT2D eigenvalue weighted by atomic mass is 10.2. The third-order valence-electron chi connectivity index (χ3n) is 4.35. The van der Waals surface area contributed by atoms with Crippen molar-refractivity contribution in [2.24, 2.45) is 5.92 Å². The molecule has 1 heterocycles. The van der Waals surface area contributed by atoms with E-state index in [-0.39, 0.29) is 30.1 Å². The van der Waals surface area contributed by atoms with E-state index in [1.165, 1.54) is 17.0 Å². The van der Waals surface area contributed by atoms with Gasteiger partial charge in [-0.2, -0.15) is 0 Å². The quantitative estimate of drug-likeness (QED) is 0.612. The van der Waals surface area contributed by atoms with Crippen molar-refractivity contribution in [2.75, 3.05) is 13.1 Å². The fourth-order valence-corrected chi connectivity index (χ4v) is 3.89. The number of benzene rings is 1. The van der Waals surface area contributed by atoms with Gasteiger partial charge in [0, 0.05) is 29.3 Å². The van der Waals surface area contributed by atoms with Gasteiger partial charge in [-0.05, 0) is 42.7 Å². The molecular weight excluding hydrogens is 375 g/mol. The highest BCUT2D eigenvalue weighted by Gasteiger charge is 2.22. The number of rotatable bonds is 9. The molecule has 0 saturated carbocycles. The minimum absolute atomic E-state index is 0.0178. The zero-order chi connectivity index (χ0) is 20.7. The summed E-state index contributed by atoms with van der Waals surface area (Å²) in [5.74, 6) is -0.130. The lowest BCUT2D eigenvalue weighted by Gasteiger charge is -2.28. The predicted octanol–water partition coefficient (Wildman–Crippen LogP) is 4.62. The van der Waals surface area contributed by atoms with Crippen molar-refractivity contribution in [3.8, 4) is 0 Å². The van der Waals surface area contributed by atoms with Crippen LogP contribution in [0.15, 0.2) is 36.4 Å². The number of amides is 2. The third-order valence-corrected chi connectivity index (χ3v) is 5.33. The molecule has 0 radical (unpaired) electrons. The van der Waals surface area contributed by atoms with Gasteiger partial charge in [-0.25, -0.2) is 4.39 Å². The molecule has 0 aliphatic rings. The van der Waals surface area contributed by atoms with E-state index in [2.05, 4.69) is 0 Å². The van der Waals surface area contributed by atoms with Crippen LogP contribution in [0, 0.1) is 18.7 Å². The van der Waals surface area contributed by atoms with Crippen LogP contribution in [0.2, 0.25) is 0 Å². The number of carbonyl (C=O) groups excluding carboxylic acids is 2. The van der Waals surface area contributed by atoms with E-state index >= 15 is 0 Å². The Morgan fingerprint density at radius 2 is 1.68 bits per heavy atom. The lowest BCUT2D eigenvalue weighted by molar-refractivity contribution is -0.141. The molecule has 2 amide bonds. The highest BCUT2D eigenvalue weighted by atomic mass is 32.1. The first-order valence-electron chi connectivity index (χ1n) is 9.63. The molecule has 0 atom stereocenters. The summed E-state index contributed by atoms with van der Waals surface area (Å²) in [6.45, 7) is 9.39. The Hall–Kier alpha value is -2.21. The molecule has 152 valence electrons. The molecule has 1 aromatic carbocycles. The van der Waals surface area contributed by atoms with E-state index < -0.39 is 0 Å². The van der Waals surface area contributed by atoms with Gasteiger partial charge in [-0.15, -0.1) is 11.3 Å². The van der Waals surface area contributed by atoms with E-state index in [1.807, 2.05) is 39.8 Å². The fourth-order valence-electron chi connectivity index (χ4n) is 2.98. The Labute approximate surface area is 171 Å². The smallest absolute Gasteiger partial charge is 0.242 e. The number of carbonyl (C=O) groups is 2. The van der Waals surface area contributed by atoms with Crippen LogP contribution in [-0.4, -0.2) is 34.7 Å². The average molecular weight is 405 g/mol. The molecule has 0 spiro atoms. The third kappa shape index (κ3) is 6.75. The summed E-state index contributed by atoms with van der Waals surface area (Å²) in [5.41, 5.74) is 0.861. The molecule has 6 heteroatoms. The Morgan fingerprint density at radius 3 is 2.21 bits per heavy atom. The van der Waals surface area contributed by atoms with Gasteiger partial charge in [-0.3, -0.25) is 9.59 Å². The van der Waals surface area contributed by atoms with Crippen molar-refractivity contribution in [1.82, 2.24) is 9.80 Å². The number of nitrogens with zero attached hydrogens (tertiary/aromatic N) is 2. The van der Waals surface area contributed by atoms with Gasteiger partial charge < -0.3 is 9.80 Å². The van der Waals surface area contributed by atoms with Gasteiger partial charge in [0.1, 0.15) is 5.82 Å². The number of thiophene rings is 1. The summed E-state index contributed by atoms with van der Waals surface area (Å²) >= 11 is 1.65. The molecule has 28 heavy (non-hydrogen) atoms. The van der Waals surface area contributed by atoms with Crippen LogP contribution >= 0.6 is 11.3 Å². The first kappa shape index (κ1) is 22.1. The second-order valence-electron chi connectivity index (χ2n) is 7.41. The molecule has 0 N–H and O–H groups in total. The van der Waals surface area contributed by atoms with Gasteiger partial charge in [-0.1, -0.05) is 32.9 Å². The number of halogens is 1. The minimum Gasteiger partial charge on any atom is -0.333 e. The average Bonchev–Trinajstić information content (AvgIpc) is 3.06. The molecule has 4 nitrogen and oxygen atoms in total. The van der Waals surface area contributed by atoms with Crippen molar-refractivity contribution < 1.29 is 14.0 Å². The largest absolute Gasteiger partial charge is 0.333 e. The second-order valence-corrected chi connectivity index (χ2v) is 8.78. The topological polar surface area (TPSA) is 40.6 Å². The van der Waals surface area contributed by atoms with Gasteiger partial charge in [0.05, 0.1) is 13.1 Å². The maximum absolute atomic E-state index is 13.2. The molecule has 2 rings (SSSR count). The van der Waals surface area contributed by atoms with Gasteiger partial charge in [0.25, 0.3) is 0 Å². The highest BCUT2D eigenvalue weighted by molar-refractivity contribution is 7.11. The summed E-state index contributed by atoms with van der Waals surface area (Å²) in [7, 11) is 0. The van der Waals surface area contributed by atoms with Crippen molar-refractivity contribution >= 4 is 23.2 Å². The Kier molecular flexibility index (Phi) is 8.18. The van der Waals surface area contributed by atoms with Crippen molar-refractivity contribution in [2.45, 2.75) is 47.2 Å². The van der Waals surface area contributed by atoms with Crippen LogP contribution in [0.4, 0.5) is 4.39 Å². The Balaban J connectivity index is 2.18. The van der Waals surface area contributed by atoms with E-state index in [0.717, 1.165) is 10.4 Å². The Morgan fingerprint density at radius 1 is 1.00 bits per heavy atom. The van der Waals surface area contributed by atoms with Crippen LogP contribution in [0.1, 0.15) is 42.5 Å². The van der Waals surface area contributed by atoms with Crippen molar-refractivity contribution in [3.63, 3.8) is 0 Å². The van der Waals surface area contributed by atoms with Crippen LogP contribution in [0.25, 0.3) is 0 Å². The lowest BCUT2D eigenvalue weighted by Crippen LogP contribution is -2.43. The summed E-state index contributed by atoms with van der Waals surface area (Å²) < 4.78 is 13.2. The standard InChI is InChI=1S/C22H29FN2O2S/c1-5-21(26)24(12-16(2)3)15-22(27)25(14-20-11-6-17(4)28-20)13-18-7-9-19(23)10-8-18/h6-11,16H,5,12-15H2,1-4H3. The molecular formula is C22H29FN2O2S.